The number of fused-ring (bicyclic) bond motifs is 1. The minimum Gasteiger partial charge on any atom is -0.322 e. The zero-order chi connectivity index (χ0) is 13.2. The molecule has 0 spiro atoms. The number of rotatable bonds is 2. The highest BCUT2D eigenvalue weighted by atomic mass is 15.3. The van der Waals surface area contributed by atoms with Crippen molar-refractivity contribution in [1.29, 1.82) is 5.26 Å². The second-order valence-electron chi connectivity index (χ2n) is 4.19. The van der Waals surface area contributed by atoms with Crippen molar-refractivity contribution < 1.29 is 0 Å². The first-order valence-corrected chi connectivity index (χ1v) is 5.83. The van der Waals surface area contributed by atoms with Gasteiger partial charge in [-0.2, -0.15) is 10.4 Å². The number of hydrogen-bond acceptors (Lipinski definition) is 4. The third-order valence-electron chi connectivity index (χ3n) is 2.80. The van der Waals surface area contributed by atoms with Gasteiger partial charge < -0.3 is 5.32 Å². The minimum absolute atomic E-state index is 0.504. The summed E-state index contributed by atoms with van der Waals surface area (Å²) in [7, 11) is 1.84. The molecule has 2 aromatic heterocycles. The molecule has 0 fully saturated rings. The number of aromatic nitrogens is 3. The molecule has 5 nitrogen and oxygen atoms in total. The van der Waals surface area contributed by atoms with Gasteiger partial charge in [0.05, 0.1) is 11.1 Å². The van der Waals surface area contributed by atoms with Crippen molar-refractivity contribution >= 4 is 22.5 Å². The van der Waals surface area contributed by atoms with E-state index in [1.165, 1.54) is 0 Å². The standard InChI is InChI=1S/C14H11N5/c1-19-7-6-13(18-19)17-14-11(9-15)8-10-4-2-3-5-12(10)16-14/h2-8H,1H3,(H,16,17,18). The Morgan fingerprint density at radius 3 is 2.84 bits per heavy atom. The Labute approximate surface area is 110 Å². The number of benzene rings is 1. The van der Waals surface area contributed by atoms with Crippen LogP contribution in [0.4, 0.5) is 11.6 Å². The summed E-state index contributed by atoms with van der Waals surface area (Å²) in [5.41, 5.74) is 1.35. The average molecular weight is 249 g/mol. The van der Waals surface area contributed by atoms with Gasteiger partial charge >= 0.3 is 0 Å². The molecule has 3 aromatic rings. The lowest BCUT2D eigenvalue weighted by Gasteiger charge is -2.06. The van der Waals surface area contributed by atoms with E-state index in [9.17, 15) is 5.26 Å². The van der Waals surface area contributed by atoms with E-state index in [1.54, 1.807) is 4.68 Å². The van der Waals surface area contributed by atoms with Gasteiger partial charge in [-0.05, 0) is 12.1 Å². The monoisotopic (exact) mass is 249 g/mol. The molecule has 2 heterocycles. The van der Waals surface area contributed by atoms with Gasteiger partial charge in [0, 0.05) is 24.7 Å². The molecule has 0 aliphatic rings. The highest BCUT2D eigenvalue weighted by molar-refractivity contribution is 5.83. The highest BCUT2D eigenvalue weighted by Gasteiger charge is 2.07. The van der Waals surface area contributed by atoms with E-state index in [-0.39, 0.29) is 0 Å². The molecule has 0 saturated heterocycles. The molecule has 0 radical (unpaired) electrons. The number of nitrogens with one attached hydrogen (secondary N) is 1. The summed E-state index contributed by atoms with van der Waals surface area (Å²) in [5, 5.41) is 17.4. The summed E-state index contributed by atoms with van der Waals surface area (Å²) < 4.78 is 1.69. The molecule has 0 atom stereocenters. The zero-order valence-corrected chi connectivity index (χ0v) is 10.3. The summed E-state index contributed by atoms with van der Waals surface area (Å²) in [6.45, 7) is 0. The summed E-state index contributed by atoms with van der Waals surface area (Å²) in [4.78, 5) is 4.47. The molecule has 0 unspecified atom stereocenters. The van der Waals surface area contributed by atoms with Crippen molar-refractivity contribution in [2.75, 3.05) is 5.32 Å². The van der Waals surface area contributed by atoms with E-state index >= 15 is 0 Å². The van der Waals surface area contributed by atoms with Crippen LogP contribution >= 0.6 is 0 Å². The van der Waals surface area contributed by atoms with Gasteiger partial charge in [-0.15, -0.1) is 0 Å². The lowest BCUT2D eigenvalue weighted by atomic mass is 10.1. The Hall–Kier alpha value is -2.87. The normalized spacial score (nSPS) is 10.3. The Kier molecular flexibility index (Phi) is 2.62. The maximum Gasteiger partial charge on any atom is 0.153 e. The van der Waals surface area contributed by atoms with Gasteiger partial charge in [0.25, 0.3) is 0 Å². The van der Waals surface area contributed by atoms with Crippen LogP contribution in [0.1, 0.15) is 5.56 Å². The maximum absolute atomic E-state index is 9.21. The van der Waals surface area contributed by atoms with Crippen molar-refractivity contribution in [2.24, 2.45) is 7.05 Å². The van der Waals surface area contributed by atoms with E-state index < -0.39 is 0 Å². The predicted octanol–water partition coefficient (Wildman–Crippen LogP) is 2.58. The Bertz CT molecular complexity index is 782. The number of aryl methyl sites for hydroxylation is 1. The van der Waals surface area contributed by atoms with Crippen LogP contribution in [0.15, 0.2) is 42.6 Å². The van der Waals surface area contributed by atoms with Gasteiger partial charge in [-0.1, -0.05) is 18.2 Å². The van der Waals surface area contributed by atoms with Crippen LogP contribution in [0.3, 0.4) is 0 Å². The molecule has 0 amide bonds. The SMILES string of the molecule is Cn1ccc(Nc2nc3ccccc3cc2C#N)n1. The molecule has 1 aromatic carbocycles. The topological polar surface area (TPSA) is 66.5 Å². The second kappa shape index (κ2) is 4.42. The molecular formula is C14H11N5. The summed E-state index contributed by atoms with van der Waals surface area (Å²) in [6, 6.07) is 13.5. The van der Waals surface area contributed by atoms with Crippen LogP contribution in [0, 0.1) is 11.3 Å². The highest BCUT2D eigenvalue weighted by Crippen LogP contribution is 2.22. The Morgan fingerprint density at radius 1 is 1.26 bits per heavy atom. The van der Waals surface area contributed by atoms with Crippen LogP contribution < -0.4 is 5.32 Å². The first-order valence-electron chi connectivity index (χ1n) is 5.83. The largest absolute Gasteiger partial charge is 0.322 e. The van der Waals surface area contributed by atoms with Gasteiger partial charge in [0.1, 0.15) is 11.9 Å². The summed E-state index contributed by atoms with van der Waals surface area (Å²) in [6.07, 6.45) is 1.83. The molecular weight excluding hydrogens is 238 g/mol. The van der Waals surface area contributed by atoms with Crippen molar-refractivity contribution in [3.63, 3.8) is 0 Å². The van der Waals surface area contributed by atoms with Crippen LogP contribution in [0.5, 0.6) is 0 Å². The van der Waals surface area contributed by atoms with Gasteiger partial charge in [0.15, 0.2) is 5.82 Å². The molecule has 3 rings (SSSR count). The molecule has 0 saturated carbocycles. The molecule has 1 N–H and O–H groups in total. The van der Waals surface area contributed by atoms with Crippen LogP contribution in [0.2, 0.25) is 0 Å². The van der Waals surface area contributed by atoms with E-state index in [4.69, 9.17) is 0 Å². The molecule has 19 heavy (non-hydrogen) atoms. The molecule has 5 heteroatoms. The van der Waals surface area contributed by atoms with Crippen LogP contribution in [0.25, 0.3) is 10.9 Å². The lowest BCUT2D eigenvalue weighted by molar-refractivity contribution is 0.771. The Balaban J connectivity index is 2.09. The van der Waals surface area contributed by atoms with Crippen LogP contribution in [-0.4, -0.2) is 14.8 Å². The predicted molar refractivity (Wildman–Crippen MR) is 72.9 cm³/mol. The number of nitrogens with zero attached hydrogens (tertiary/aromatic N) is 4. The second-order valence-corrected chi connectivity index (χ2v) is 4.19. The fourth-order valence-corrected chi connectivity index (χ4v) is 1.90. The van der Waals surface area contributed by atoms with Crippen molar-refractivity contribution in [2.45, 2.75) is 0 Å². The first-order chi connectivity index (χ1) is 9.26. The Morgan fingerprint density at radius 2 is 2.11 bits per heavy atom. The zero-order valence-electron chi connectivity index (χ0n) is 10.3. The quantitative estimate of drug-likeness (QED) is 0.758. The molecule has 0 aliphatic heterocycles. The fraction of sp³-hybridized carbons (Fsp3) is 0.0714. The van der Waals surface area contributed by atoms with Crippen molar-refractivity contribution in [3.8, 4) is 6.07 Å². The summed E-state index contributed by atoms with van der Waals surface area (Å²) in [5.74, 6) is 1.20. The van der Waals surface area contributed by atoms with Gasteiger partial charge in [0.2, 0.25) is 0 Å². The number of para-hydroxylation sites is 1. The van der Waals surface area contributed by atoms with E-state index in [1.807, 2.05) is 49.6 Å². The third kappa shape index (κ3) is 2.11. The van der Waals surface area contributed by atoms with E-state index in [0.29, 0.717) is 17.2 Å². The minimum atomic E-state index is 0.504. The first kappa shape index (κ1) is 11.2. The van der Waals surface area contributed by atoms with E-state index in [2.05, 4.69) is 21.5 Å². The number of anilines is 2. The molecule has 0 aliphatic carbocycles. The van der Waals surface area contributed by atoms with Crippen LogP contribution in [-0.2, 0) is 7.05 Å². The maximum atomic E-state index is 9.21. The fourth-order valence-electron chi connectivity index (χ4n) is 1.90. The van der Waals surface area contributed by atoms with Crippen molar-refractivity contribution in [1.82, 2.24) is 14.8 Å². The molecule has 0 bridgehead atoms. The molecule has 92 valence electrons. The van der Waals surface area contributed by atoms with Crippen molar-refractivity contribution in [3.05, 3.63) is 48.2 Å². The number of nitriles is 1. The van der Waals surface area contributed by atoms with Gasteiger partial charge in [-0.3, -0.25) is 4.68 Å². The van der Waals surface area contributed by atoms with Gasteiger partial charge in [-0.25, -0.2) is 4.98 Å². The number of pyridine rings is 1. The number of hydrogen-bond donors (Lipinski definition) is 1. The lowest BCUT2D eigenvalue weighted by Crippen LogP contribution is -1.99. The third-order valence-corrected chi connectivity index (χ3v) is 2.80. The summed E-state index contributed by atoms with van der Waals surface area (Å²) >= 11 is 0. The van der Waals surface area contributed by atoms with E-state index in [0.717, 1.165) is 10.9 Å². The average Bonchev–Trinajstić information content (AvgIpc) is 2.83. The smallest absolute Gasteiger partial charge is 0.153 e.